The second-order valence-corrected chi connectivity index (χ2v) is 5.71. The highest BCUT2D eigenvalue weighted by Gasteiger charge is 2.10. The first kappa shape index (κ1) is 17.1. The molecule has 1 amide bonds. The molecule has 3 rings (SSSR count). The Balaban J connectivity index is 1.45. The van der Waals surface area contributed by atoms with Crippen LogP contribution in [-0.2, 0) is 22.7 Å². The zero-order valence-corrected chi connectivity index (χ0v) is 14.1. The predicted molar refractivity (Wildman–Crippen MR) is 92.7 cm³/mol. The van der Waals surface area contributed by atoms with Crippen molar-refractivity contribution in [2.75, 3.05) is 6.61 Å². The van der Waals surface area contributed by atoms with Crippen LogP contribution in [0.15, 0.2) is 59.1 Å². The standard InChI is InChI=1S/C18H16ClN3O3/c19-15-8-4-7-14(9-15)18-21-17(25-22-18)10-20-16(23)12-24-11-13-5-2-1-3-6-13/h1-9H,10-12H2,(H,20,23). The van der Waals surface area contributed by atoms with Crippen LogP contribution in [0.3, 0.4) is 0 Å². The van der Waals surface area contributed by atoms with Crippen LogP contribution in [0, 0.1) is 0 Å². The van der Waals surface area contributed by atoms with E-state index in [4.69, 9.17) is 20.9 Å². The van der Waals surface area contributed by atoms with E-state index >= 15 is 0 Å². The number of benzene rings is 2. The third-order valence-electron chi connectivity index (χ3n) is 3.33. The van der Waals surface area contributed by atoms with Crippen LogP contribution in [0.5, 0.6) is 0 Å². The van der Waals surface area contributed by atoms with Crippen molar-refractivity contribution in [3.8, 4) is 11.4 Å². The summed E-state index contributed by atoms with van der Waals surface area (Å²) in [6, 6.07) is 16.8. The van der Waals surface area contributed by atoms with Gasteiger partial charge in [0.15, 0.2) is 0 Å². The highest BCUT2D eigenvalue weighted by Crippen LogP contribution is 2.19. The van der Waals surface area contributed by atoms with Crippen LogP contribution < -0.4 is 5.32 Å². The summed E-state index contributed by atoms with van der Waals surface area (Å²) >= 11 is 5.94. The van der Waals surface area contributed by atoms with E-state index in [1.807, 2.05) is 36.4 Å². The summed E-state index contributed by atoms with van der Waals surface area (Å²) in [6.07, 6.45) is 0. The molecule has 0 aliphatic rings. The first-order valence-electron chi connectivity index (χ1n) is 7.67. The highest BCUT2D eigenvalue weighted by atomic mass is 35.5. The fraction of sp³-hybridized carbons (Fsp3) is 0.167. The number of carbonyl (C=O) groups is 1. The van der Waals surface area contributed by atoms with E-state index in [-0.39, 0.29) is 19.1 Å². The molecule has 1 heterocycles. The molecule has 0 aliphatic heterocycles. The van der Waals surface area contributed by atoms with Gasteiger partial charge in [0.05, 0.1) is 13.2 Å². The van der Waals surface area contributed by atoms with E-state index < -0.39 is 0 Å². The van der Waals surface area contributed by atoms with Crippen molar-refractivity contribution in [1.29, 1.82) is 0 Å². The molecular weight excluding hydrogens is 342 g/mol. The van der Waals surface area contributed by atoms with E-state index in [0.717, 1.165) is 11.1 Å². The van der Waals surface area contributed by atoms with Crippen LogP contribution in [0.2, 0.25) is 5.02 Å². The fourth-order valence-corrected chi connectivity index (χ4v) is 2.32. The number of aromatic nitrogens is 2. The summed E-state index contributed by atoms with van der Waals surface area (Å²) < 4.78 is 10.5. The molecule has 0 bridgehead atoms. The Bertz CT molecular complexity index is 836. The van der Waals surface area contributed by atoms with Gasteiger partial charge in [-0.2, -0.15) is 4.98 Å². The monoisotopic (exact) mass is 357 g/mol. The van der Waals surface area contributed by atoms with Gasteiger partial charge in [-0.1, -0.05) is 59.2 Å². The summed E-state index contributed by atoms with van der Waals surface area (Å²) in [7, 11) is 0. The average Bonchev–Trinajstić information content (AvgIpc) is 3.10. The van der Waals surface area contributed by atoms with Crippen LogP contribution in [0.25, 0.3) is 11.4 Å². The Morgan fingerprint density at radius 1 is 1.16 bits per heavy atom. The molecule has 0 radical (unpaired) electrons. The number of hydrogen-bond acceptors (Lipinski definition) is 5. The molecule has 7 heteroatoms. The number of nitrogens with zero attached hydrogens (tertiary/aromatic N) is 2. The fourth-order valence-electron chi connectivity index (χ4n) is 2.13. The Hall–Kier alpha value is -2.70. The van der Waals surface area contributed by atoms with Gasteiger partial charge in [-0.3, -0.25) is 4.79 Å². The average molecular weight is 358 g/mol. The Kier molecular flexibility index (Phi) is 5.77. The summed E-state index contributed by atoms with van der Waals surface area (Å²) in [6.45, 7) is 0.485. The maximum absolute atomic E-state index is 11.8. The molecule has 0 atom stereocenters. The van der Waals surface area contributed by atoms with Gasteiger partial charge >= 0.3 is 0 Å². The molecule has 1 N–H and O–H groups in total. The minimum Gasteiger partial charge on any atom is -0.367 e. The van der Waals surface area contributed by atoms with Gasteiger partial charge in [0.1, 0.15) is 6.61 Å². The molecule has 0 saturated heterocycles. The lowest BCUT2D eigenvalue weighted by Gasteiger charge is -2.04. The van der Waals surface area contributed by atoms with Crippen molar-refractivity contribution in [2.45, 2.75) is 13.2 Å². The largest absolute Gasteiger partial charge is 0.367 e. The zero-order valence-electron chi connectivity index (χ0n) is 13.3. The van der Waals surface area contributed by atoms with Crippen molar-refractivity contribution in [3.63, 3.8) is 0 Å². The summed E-state index contributed by atoms with van der Waals surface area (Å²) in [5.41, 5.74) is 1.76. The molecule has 0 saturated carbocycles. The van der Waals surface area contributed by atoms with Gasteiger partial charge in [-0.25, -0.2) is 0 Å². The van der Waals surface area contributed by atoms with Crippen LogP contribution in [0.1, 0.15) is 11.5 Å². The Labute approximate surface area is 149 Å². The second kappa shape index (κ2) is 8.41. The van der Waals surface area contributed by atoms with Crippen LogP contribution >= 0.6 is 11.6 Å². The van der Waals surface area contributed by atoms with Gasteiger partial charge in [-0.15, -0.1) is 0 Å². The van der Waals surface area contributed by atoms with Crippen molar-refractivity contribution < 1.29 is 14.1 Å². The third-order valence-corrected chi connectivity index (χ3v) is 3.57. The normalized spacial score (nSPS) is 10.6. The van der Waals surface area contributed by atoms with Crippen molar-refractivity contribution in [2.24, 2.45) is 0 Å². The van der Waals surface area contributed by atoms with Crippen molar-refractivity contribution in [1.82, 2.24) is 15.5 Å². The van der Waals surface area contributed by atoms with E-state index in [2.05, 4.69) is 15.5 Å². The first-order chi connectivity index (χ1) is 12.2. The lowest BCUT2D eigenvalue weighted by molar-refractivity contribution is -0.126. The lowest BCUT2D eigenvalue weighted by Crippen LogP contribution is -2.27. The molecule has 6 nitrogen and oxygen atoms in total. The minimum absolute atomic E-state index is 0.0375. The Morgan fingerprint density at radius 3 is 2.80 bits per heavy atom. The number of rotatable bonds is 7. The first-order valence-corrected chi connectivity index (χ1v) is 8.05. The molecule has 0 aliphatic carbocycles. The SMILES string of the molecule is O=C(COCc1ccccc1)NCc1nc(-c2cccc(Cl)c2)no1. The number of halogens is 1. The van der Waals surface area contributed by atoms with Crippen LogP contribution in [0.4, 0.5) is 0 Å². The molecule has 0 spiro atoms. The smallest absolute Gasteiger partial charge is 0.246 e. The number of ether oxygens (including phenoxy) is 1. The number of hydrogen-bond donors (Lipinski definition) is 1. The summed E-state index contributed by atoms with van der Waals surface area (Å²) in [5, 5.41) is 7.15. The second-order valence-electron chi connectivity index (χ2n) is 5.28. The van der Waals surface area contributed by atoms with Gasteiger partial charge in [0.25, 0.3) is 0 Å². The predicted octanol–water partition coefficient (Wildman–Crippen LogP) is 3.22. The summed E-state index contributed by atoms with van der Waals surface area (Å²) in [4.78, 5) is 16.0. The van der Waals surface area contributed by atoms with Gasteiger partial charge in [-0.05, 0) is 17.7 Å². The zero-order chi connectivity index (χ0) is 17.5. The number of nitrogens with one attached hydrogen (secondary N) is 1. The Morgan fingerprint density at radius 2 is 2.00 bits per heavy atom. The highest BCUT2D eigenvalue weighted by molar-refractivity contribution is 6.30. The molecule has 0 fully saturated rings. The molecule has 0 unspecified atom stereocenters. The summed E-state index contributed by atoms with van der Waals surface area (Å²) in [5.74, 6) is 0.483. The quantitative estimate of drug-likeness (QED) is 0.702. The molecule has 1 aromatic heterocycles. The van der Waals surface area contributed by atoms with Gasteiger partial charge < -0.3 is 14.6 Å². The van der Waals surface area contributed by atoms with Crippen LogP contribution in [-0.4, -0.2) is 22.7 Å². The van der Waals surface area contributed by atoms with E-state index in [1.165, 1.54) is 0 Å². The van der Waals surface area contributed by atoms with E-state index in [1.54, 1.807) is 18.2 Å². The molecular formula is C18H16ClN3O3. The molecule has 2 aromatic carbocycles. The topological polar surface area (TPSA) is 77.2 Å². The van der Waals surface area contributed by atoms with E-state index in [9.17, 15) is 4.79 Å². The van der Waals surface area contributed by atoms with Gasteiger partial charge in [0, 0.05) is 10.6 Å². The number of carbonyl (C=O) groups excluding carboxylic acids is 1. The third kappa shape index (κ3) is 5.14. The molecule has 128 valence electrons. The maximum atomic E-state index is 11.8. The van der Waals surface area contributed by atoms with Crippen molar-refractivity contribution >= 4 is 17.5 Å². The van der Waals surface area contributed by atoms with E-state index in [0.29, 0.717) is 23.3 Å². The molecule has 25 heavy (non-hydrogen) atoms. The van der Waals surface area contributed by atoms with Crippen molar-refractivity contribution in [3.05, 3.63) is 71.1 Å². The lowest BCUT2D eigenvalue weighted by atomic mass is 10.2. The van der Waals surface area contributed by atoms with Gasteiger partial charge in [0.2, 0.25) is 17.6 Å². The minimum atomic E-state index is -0.251. The maximum Gasteiger partial charge on any atom is 0.246 e. The number of amides is 1. The molecule has 3 aromatic rings.